The molecular weight excluding hydrogens is 310 g/mol. The van der Waals surface area contributed by atoms with Gasteiger partial charge in [0.25, 0.3) is 0 Å². The second kappa shape index (κ2) is 7.59. The Kier molecular flexibility index (Phi) is 6.39. The van der Waals surface area contributed by atoms with E-state index in [1.807, 2.05) is 39.0 Å². The molecule has 1 atom stereocenters. The van der Waals surface area contributed by atoms with Crippen LogP contribution in [0.5, 0.6) is 5.75 Å². The highest BCUT2D eigenvalue weighted by Crippen LogP contribution is 2.29. The predicted molar refractivity (Wildman–Crippen MR) is 89.5 cm³/mol. The molecule has 0 aliphatic carbocycles. The van der Waals surface area contributed by atoms with E-state index in [0.717, 1.165) is 16.0 Å². The molecule has 1 aromatic carbocycles. The number of carbonyl (C=O) groups is 1. The van der Waals surface area contributed by atoms with Crippen molar-refractivity contribution >= 4 is 45.0 Å². The Morgan fingerprint density at radius 2 is 2.19 bits per heavy atom. The van der Waals surface area contributed by atoms with Crippen LogP contribution in [0.3, 0.4) is 0 Å². The Balaban J connectivity index is 0.00000220. The van der Waals surface area contributed by atoms with Crippen molar-refractivity contribution in [1.82, 2.24) is 4.98 Å². The van der Waals surface area contributed by atoms with Crippen molar-refractivity contribution in [1.29, 1.82) is 0 Å². The van der Waals surface area contributed by atoms with Crippen LogP contribution < -0.4 is 15.8 Å². The number of halogens is 1. The third-order valence-corrected chi connectivity index (χ3v) is 3.86. The largest absolute Gasteiger partial charge is 0.494 e. The maximum Gasteiger partial charge on any atom is 0.243 e. The molecule has 5 nitrogen and oxygen atoms in total. The first-order chi connectivity index (χ1) is 9.51. The average Bonchev–Trinajstić information content (AvgIpc) is 2.79. The molecule has 2 aromatic rings. The minimum Gasteiger partial charge on any atom is -0.494 e. The molecule has 3 N–H and O–H groups in total. The molecule has 0 saturated carbocycles. The van der Waals surface area contributed by atoms with Crippen LogP contribution in [0.2, 0.25) is 0 Å². The number of fused-ring (bicyclic) bond motifs is 1. The molecule has 1 amide bonds. The highest BCUT2D eigenvalue weighted by molar-refractivity contribution is 7.22. The summed E-state index contributed by atoms with van der Waals surface area (Å²) in [5, 5.41) is 3.33. The number of rotatable bonds is 5. The fourth-order valence-electron chi connectivity index (χ4n) is 1.71. The maximum absolute atomic E-state index is 11.9. The molecule has 0 fully saturated rings. The summed E-state index contributed by atoms with van der Waals surface area (Å²) in [5.41, 5.74) is 6.65. The molecule has 0 aliphatic heterocycles. The van der Waals surface area contributed by atoms with Crippen LogP contribution in [-0.4, -0.2) is 23.5 Å². The average molecular weight is 330 g/mol. The number of thiazole rings is 1. The number of carbonyl (C=O) groups excluding carboxylic acids is 1. The number of hydrogen-bond acceptors (Lipinski definition) is 5. The van der Waals surface area contributed by atoms with Crippen molar-refractivity contribution in [3.63, 3.8) is 0 Å². The number of nitrogens with one attached hydrogen (secondary N) is 1. The van der Waals surface area contributed by atoms with E-state index in [9.17, 15) is 4.79 Å². The number of nitrogens with zero attached hydrogens (tertiary/aromatic N) is 1. The molecule has 2 rings (SSSR count). The molecule has 21 heavy (non-hydrogen) atoms. The first-order valence-corrected chi connectivity index (χ1v) is 7.42. The van der Waals surface area contributed by atoms with Crippen LogP contribution >= 0.6 is 23.7 Å². The van der Waals surface area contributed by atoms with Crippen molar-refractivity contribution in [2.45, 2.75) is 26.8 Å². The van der Waals surface area contributed by atoms with E-state index in [0.29, 0.717) is 11.7 Å². The molecule has 1 aromatic heterocycles. The summed E-state index contributed by atoms with van der Waals surface area (Å²) >= 11 is 1.42. The Morgan fingerprint density at radius 1 is 1.48 bits per heavy atom. The molecule has 0 aliphatic rings. The van der Waals surface area contributed by atoms with E-state index < -0.39 is 6.04 Å². The summed E-state index contributed by atoms with van der Waals surface area (Å²) in [5.74, 6) is 0.693. The molecule has 0 bridgehead atoms. The summed E-state index contributed by atoms with van der Waals surface area (Å²) in [6.07, 6.45) is 0. The predicted octanol–water partition coefficient (Wildman–Crippen LogP) is 3.04. The van der Waals surface area contributed by atoms with E-state index in [1.165, 1.54) is 11.3 Å². The molecule has 0 radical (unpaired) electrons. The summed E-state index contributed by atoms with van der Waals surface area (Å²) in [6, 6.07) is 5.15. The van der Waals surface area contributed by atoms with Gasteiger partial charge in [-0.05, 0) is 31.0 Å². The zero-order valence-electron chi connectivity index (χ0n) is 12.3. The highest BCUT2D eigenvalue weighted by atomic mass is 35.5. The van der Waals surface area contributed by atoms with Gasteiger partial charge in [0.1, 0.15) is 5.75 Å². The van der Waals surface area contributed by atoms with Crippen LogP contribution in [-0.2, 0) is 4.79 Å². The monoisotopic (exact) mass is 329 g/mol. The lowest BCUT2D eigenvalue weighted by molar-refractivity contribution is -0.118. The molecule has 1 heterocycles. The molecule has 116 valence electrons. The molecule has 1 unspecified atom stereocenters. The smallest absolute Gasteiger partial charge is 0.243 e. The van der Waals surface area contributed by atoms with E-state index >= 15 is 0 Å². The Labute approximate surface area is 134 Å². The fourth-order valence-corrected chi connectivity index (χ4v) is 2.60. The van der Waals surface area contributed by atoms with Gasteiger partial charge in [0.2, 0.25) is 5.91 Å². The summed E-state index contributed by atoms with van der Waals surface area (Å²) in [7, 11) is 0. The number of hydrogen-bond donors (Lipinski definition) is 2. The van der Waals surface area contributed by atoms with Gasteiger partial charge in [-0.15, -0.1) is 12.4 Å². The van der Waals surface area contributed by atoms with Gasteiger partial charge in [-0.1, -0.05) is 25.2 Å². The number of amides is 1. The first-order valence-electron chi connectivity index (χ1n) is 6.61. The lowest BCUT2D eigenvalue weighted by Crippen LogP contribution is -2.39. The quantitative estimate of drug-likeness (QED) is 0.883. The minimum absolute atomic E-state index is 0. The zero-order valence-corrected chi connectivity index (χ0v) is 13.9. The Morgan fingerprint density at radius 3 is 2.81 bits per heavy atom. The van der Waals surface area contributed by atoms with Crippen LogP contribution in [0.25, 0.3) is 10.2 Å². The SMILES string of the molecule is CCOc1ccc2nc(NC(=O)C(N)C(C)C)sc2c1.Cl. The second-order valence-electron chi connectivity index (χ2n) is 4.84. The van der Waals surface area contributed by atoms with Gasteiger partial charge in [0.05, 0.1) is 22.9 Å². The lowest BCUT2D eigenvalue weighted by Gasteiger charge is -2.13. The number of anilines is 1. The van der Waals surface area contributed by atoms with Crippen LogP contribution in [0.1, 0.15) is 20.8 Å². The van der Waals surface area contributed by atoms with Gasteiger partial charge in [0, 0.05) is 0 Å². The molecular formula is C14H20ClN3O2S. The minimum atomic E-state index is -0.527. The van der Waals surface area contributed by atoms with Gasteiger partial charge in [-0.2, -0.15) is 0 Å². The second-order valence-corrected chi connectivity index (χ2v) is 5.87. The molecule has 0 spiro atoms. The summed E-state index contributed by atoms with van der Waals surface area (Å²) < 4.78 is 6.42. The fraction of sp³-hybridized carbons (Fsp3) is 0.429. The van der Waals surface area contributed by atoms with E-state index in [2.05, 4.69) is 10.3 Å². The number of aromatic nitrogens is 1. The standard InChI is InChI=1S/C14H19N3O2S.ClH/c1-4-19-9-5-6-10-11(7-9)20-14(16-10)17-13(18)12(15)8(2)3;/h5-8,12H,4,15H2,1-3H3,(H,16,17,18);1H. The van der Waals surface area contributed by atoms with Crippen LogP contribution in [0.15, 0.2) is 18.2 Å². The van der Waals surface area contributed by atoms with Crippen molar-refractivity contribution in [2.75, 3.05) is 11.9 Å². The molecule has 7 heteroatoms. The van der Waals surface area contributed by atoms with E-state index in [-0.39, 0.29) is 24.2 Å². The maximum atomic E-state index is 11.9. The summed E-state index contributed by atoms with van der Waals surface area (Å²) in [4.78, 5) is 16.3. The highest BCUT2D eigenvalue weighted by Gasteiger charge is 2.18. The molecule has 0 saturated heterocycles. The van der Waals surface area contributed by atoms with Crippen molar-refractivity contribution in [3.8, 4) is 5.75 Å². The number of ether oxygens (including phenoxy) is 1. The Bertz CT molecular complexity index is 615. The number of nitrogens with two attached hydrogens (primary N) is 1. The topological polar surface area (TPSA) is 77.2 Å². The van der Waals surface area contributed by atoms with Crippen LogP contribution in [0, 0.1) is 5.92 Å². The van der Waals surface area contributed by atoms with Gasteiger partial charge in [0.15, 0.2) is 5.13 Å². The van der Waals surface area contributed by atoms with Crippen molar-refractivity contribution < 1.29 is 9.53 Å². The first kappa shape index (κ1) is 17.7. The van der Waals surface area contributed by atoms with Gasteiger partial charge in [-0.3, -0.25) is 4.79 Å². The van der Waals surface area contributed by atoms with Gasteiger partial charge < -0.3 is 15.8 Å². The normalized spacial score (nSPS) is 12.0. The van der Waals surface area contributed by atoms with Crippen molar-refractivity contribution in [3.05, 3.63) is 18.2 Å². The van der Waals surface area contributed by atoms with Crippen LogP contribution in [0.4, 0.5) is 5.13 Å². The van der Waals surface area contributed by atoms with Crippen molar-refractivity contribution in [2.24, 2.45) is 11.7 Å². The number of benzene rings is 1. The third-order valence-electron chi connectivity index (χ3n) is 2.92. The lowest BCUT2D eigenvalue weighted by atomic mass is 10.1. The van der Waals surface area contributed by atoms with E-state index in [1.54, 1.807) is 0 Å². The Hall–Kier alpha value is -1.37. The van der Waals surface area contributed by atoms with Gasteiger partial charge >= 0.3 is 0 Å². The third kappa shape index (κ3) is 4.30. The summed E-state index contributed by atoms with van der Waals surface area (Å²) in [6.45, 7) is 6.39. The zero-order chi connectivity index (χ0) is 14.7. The van der Waals surface area contributed by atoms with Gasteiger partial charge in [-0.25, -0.2) is 4.98 Å². The van der Waals surface area contributed by atoms with E-state index in [4.69, 9.17) is 10.5 Å².